The number of aromatic amines is 1. The van der Waals surface area contributed by atoms with E-state index in [0.717, 1.165) is 43.6 Å². The van der Waals surface area contributed by atoms with E-state index < -0.39 is 0 Å². The Kier molecular flexibility index (Phi) is 6.20. The van der Waals surface area contributed by atoms with Crippen LogP contribution in [0, 0.1) is 0 Å². The van der Waals surface area contributed by atoms with Crippen molar-refractivity contribution in [1.29, 1.82) is 0 Å². The molecule has 0 aliphatic rings. The van der Waals surface area contributed by atoms with E-state index in [-0.39, 0.29) is 0 Å². The van der Waals surface area contributed by atoms with Gasteiger partial charge in [0.05, 0.1) is 11.4 Å². The maximum atomic E-state index is 4.80. The van der Waals surface area contributed by atoms with E-state index in [4.69, 9.17) is 4.98 Å². The largest absolute Gasteiger partial charge is 0.370 e. The third-order valence-electron chi connectivity index (χ3n) is 5.36. The first-order valence-corrected chi connectivity index (χ1v) is 10.5. The lowest BCUT2D eigenvalue weighted by Crippen LogP contribution is -2.26. The highest BCUT2D eigenvalue weighted by atomic mass is 15.1. The monoisotopic (exact) mass is 384 g/mol. The van der Waals surface area contributed by atoms with Crippen molar-refractivity contribution < 1.29 is 0 Å². The van der Waals surface area contributed by atoms with Gasteiger partial charge in [0.25, 0.3) is 0 Å². The van der Waals surface area contributed by atoms with E-state index in [0.29, 0.717) is 0 Å². The number of aryl methyl sites for hydroxylation is 1. The van der Waals surface area contributed by atoms with Crippen LogP contribution in [0.1, 0.15) is 31.7 Å². The first kappa shape index (κ1) is 19.2. The fourth-order valence-electron chi connectivity index (χ4n) is 3.96. The van der Waals surface area contributed by atoms with Gasteiger partial charge in [-0.1, -0.05) is 19.1 Å². The molecule has 0 fully saturated rings. The molecule has 4 rings (SSSR count). The maximum Gasteiger partial charge on any atom is 0.0942 e. The molecule has 4 aromatic rings. The van der Waals surface area contributed by atoms with Gasteiger partial charge in [0.1, 0.15) is 0 Å². The van der Waals surface area contributed by atoms with Gasteiger partial charge in [-0.2, -0.15) is 0 Å². The fourth-order valence-corrected chi connectivity index (χ4v) is 3.96. The van der Waals surface area contributed by atoms with E-state index in [1.54, 1.807) is 0 Å². The highest BCUT2D eigenvalue weighted by molar-refractivity contribution is 5.97. The Hall–Kier alpha value is -3.14. The minimum atomic E-state index is 1.04. The summed E-state index contributed by atoms with van der Waals surface area (Å²) in [6, 6.07) is 17.0. The number of nitrogens with zero attached hydrogens (tertiary/aromatic N) is 3. The van der Waals surface area contributed by atoms with Crippen LogP contribution in [-0.2, 0) is 6.42 Å². The molecule has 0 bridgehead atoms. The maximum absolute atomic E-state index is 4.80. The van der Waals surface area contributed by atoms with Crippen molar-refractivity contribution in [2.75, 3.05) is 18.0 Å². The SMILES string of the molecule is CCCN(CCCCc1ccncc1)c1cccnc1-c1cccc2[nH]ccc12. The van der Waals surface area contributed by atoms with Crippen LogP contribution in [-0.4, -0.2) is 28.0 Å². The van der Waals surface area contributed by atoms with Crippen molar-refractivity contribution in [3.05, 3.63) is 78.9 Å². The zero-order chi connectivity index (χ0) is 19.9. The highest BCUT2D eigenvalue weighted by Crippen LogP contribution is 2.33. The number of unbranched alkanes of at least 4 members (excludes halogenated alkanes) is 1. The van der Waals surface area contributed by atoms with E-state index >= 15 is 0 Å². The molecule has 0 saturated heterocycles. The summed E-state index contributed by atoms with van der Waals surface area (Å²) in [5.41, 5.74) is 6.01. The lowest BCUT2D eigenvalue weighted by Gasteiger charge is -2.26. The molecule has 0 aliphatic carbocycles. The summed E-state index contributed by atoms with van der Waals surface area (Å²) in [4.78, 5) is 14.7. The average molecular weight is 385 g/mol. The molecule has 1 N–H and O–H groups in total. The molecule has 0 radical (unpaired) electrons. The number of rotatable bonds is 9. The van der Waals surface area contributed by atoms with E-state index in [1.807, 2.05) is 24.8 Å². The van der Waals surface area contributed by atoms with Crippen molar-refractivity contribution in [2.24, 2.45) is 0 Å². The van der Waals surface area contributed by atoms with Gasteiger partial charge in [-0.25, -0.2) is 0 Å². The summed E-state index contributed by atoms with van der Waals surface area (Å²) < 4.78 is 0. The number of fused-ring (bicyclic) bond motifs is 1. The fraction of sp³-hybridized carbons (Fsp3) is 0.280. The molecular formula is C25H28N4. The minimum absolute atomic E-state index is 1.04. The molecule has 1 aromatic carbocycles. The molecule has 4 nitrogen and oxygen atoms in total. The summed E-state index contributed by atoms with van der Waals surface area (Å²) in [7, 11) is 0. The zero-order valence-electron chi connectivity index (χ0n) is 17.0. The molecule has 0 unspecified atom stereocenters. The second kappa shape index (κ2) is 9.37. The van der Waals surface area contributed by atoms with Crippen molar-refractivity contribution in [3.8, 4) is 11.3 Å². The van der Waals surface area contributed by atoms with E-state index in [9.17, 15) is 0 Å². The van der Waals surface area contributed by atoms with Gasteiger partial charge in [-0.05, 0) is 67.6 Å². The molecule has 3 aromatic heterocycles. The number of anilines is 1. The van der Waals surface area contributed by atoms with Crippen LogP contribution in [0.5, 0.6) is 0 Å². The molecule has 4 heteroatoms. The molecule has 0 amide bonds. The Balaban J connectivity index is 1.54. The smallest absolute Gasteiger partial charge is 0.0942 e. The summed E-state index contributed by atoms with van der Waals surface area (Å²) >= 11 is 0. The third kappa shape index (κ3) is 4.48. The number of nitrogens with one attached hydrogen (secondary N) is 1. The lowest BCUT2D eigenvalue weighted by molar-refractivity contribution is 0.677. The summed E-state index contributed by atoms with van der Waals surface area (Å²) in [5, 5.41) is 1.22. The normalized spacial score (nSPS) is 11.1. The molecule has 0 aliphatic heterocycles. The van der Waals surface area contributed by atoms with Gasteiger partial charge in [0, 0.05) is 54.3 Å². The Labute approximate surface area is 172 Å². The molecular weight excluding hydrogens is 356 g/mol. The Bertz CT molecular complexity index is 1040. The van der Waals surface area contributed by atoms with Crippen molar-refractivity contribution >= 4 is 16.6 Å². The number of benzene rings is 1. The number of H-pyrrole nitrogens is 1. The highest BCUT2D eigenvalue weighted by Gasteiger charge is 2.15. The lowest BCUT2D eigenvalue weighted by atomic mass is 10.0. The molecule has 0 spiro atoms. The first-order chi connectivity index (χ1) is 14.4. The second-order valence-corrected chi connectivity index (χ2v) is 7.42. The van der Waals surface area contributed by atoms with Crippen LogP contribution in [0.3, 0.4) is 0 Å². The quantitative estimate of drug-likeness (QED) is 0.367. The van der Waals surface area contributed by atoms with Crippen LogP contribution < -0.4 is 4.90 Å². The van der Waals surface area contributed by atoms with Crippen LogP contribution in [0.25, 0.3) is 22.2 Å². The Morgan fingerprint density at radius 3 is 2.66 bits per heavy atom. The Morgan fingerprint density at radius 2 is 1.79 bits per heavy atom. The van der Waals surface area contributed by atoms with Gasteiger partial charge in [0.15, 0.2) is 0 Å². The van der Waals surface area contributed by atoms with Crippen LogP contribution in [0.4, 0.5) is 5.69 Å². The van der Waals surface area contributed by atoms with Crippen LogP contribution in [0.15, 0.2) is 73.3 Å². The minimum Gasteiger partial charge on any atom is -0.370 e. The molecule has 148 valence electrons. The number of hydrogen-bond acceptors (Lipinski definition) is 3. The van der Waals surface area contributed by atoms with Crippen molar-refractivity contribution in [2.45, 2.75) is 32.6 Å². The number of pyridine rings is 2. The summed E-state index contributed by atoms with van der Waals surface area (Å²) in [6.45, 7) is 4.32. The number of aromatic nitrogens is 3. The molecule has 0 saturated carbocycles. The van der Waals surface area contributed by atoms with Crippen LogP contribution >= 0.6 is 0 Å². The van der Waals surface area contributed by atoms with Gasteiger partial charge in [0.2, 0.25) is 0 Å². The van der Waals surface area contributed by atoms with Crippen molar-refractivity contribution in [3.63, 3.8) is 0 Å². The summed E-state index contributed by atoms with van der Waals surface area (Å²) in [5.74, 6) is 0. The predicted molar refractivity (Wildman–Crippen MR) is 121 cm³/mol. The topological polar surface area (TPSA) is 44.8 Å². The average Bonchev–Trinajstić information content (AvgIpc) is 3.26. The summed E-state index contributed by atoms with van der Waals surface area (Å²) in [6.07, 6.45) is 12.2. The molecule has 3 heterocycles. The molecule has 29 heavy (non-hydrogen) atoms. The third-order valence-corrected chi connectivity index (χ3v) is 5.36. The Morgan fingerprint density at radius 1 is 0.897 bits per heavy atom. The standard InChI is InChI=1S/C25H28N4/c1-2-18-29(19-4-3-7-20-11-15-26-16-12-20)24-10-6-14-28-25(24)22-8-5-9-23-21(22)13-17-27-23/h5-6,8-17,27H,2-4,7,18-19H2,1H3. The van der Waals surface area contributed by atoms with E-state index in [2.05, 4.69) is 70.3 Å². The first-order valence-electron chi connectivity index (χ1n) is 10.5. The van der Waals surface area contributed by atoms with E-state index in [1.165, 1.54) is 28.6 Å². The van der Waals surface area contributed by atoms with Gasteiger partial charge in [-0.15, -0.1) is 0 Å². The molecule has 0 atom stereocenters. The predicted octanol–water partition coefficient (Wildman–Crippen LogP) is 5.86. The number of hydrogen-bond donors (Lipinski definition) is 1. The van der Waals surface area contributed by atoms with Gasteiger partial charge < -0.3 is 9.88 Å². The second-order valence-electron chi connectivity index (χ2n) is 7.42. The van der Waals surface area contributed by atoms with Gasteiger partial charge >= 0.3 is 0 Å². The zero-order valence-corrected chi connectivity index (χ0v) is 17.0. The van der Waals surface area contributed by atoms with Crippen molar-refractivity contribution in [1.82, 2.24) is 15.0 Å². The van der Waals surface area contributed by atoms with Gasteiger partial charge in [-0.3, -0.25) is 9.97 Å². The van der Waals surface area contributed by atoms with Crippen LogP contribution in [0.2, 0.25) is 0 Å².